The first-order valence-electron chi connectivity index (χ1n) is 9.97. The summed E-state index contributed by atoms with van der Waals surface area (Å²) in [5.74, 6) is 1.93. The summed E-state index contributed by atoms with van der Waals surface area (Å²) in [4.78, 5) is 6.54. The zero-order valence-electron chi connectivity index (χ0n) is 16.1. The number of hydrogen-bond acceptors (Lipinski definition) is 5. The summed E-state index contributed by atoms with van der Waals surface area (Å²) in [6.45, 7) is 4.57. The topological polar surface area (TPSA) is 50.5 Å². The molecule has 1 aromatic carbocycles. The van der Waals surface area contributed by atoms with Crippen molar-refractivity contribution in [2.45, 2.75) is 32.0 Å². The second kappa shape index (κ2) is 9.53. The molecule has 5 nitrogen and oxygen atoms in total. The molecular formula is C23H27N3O2. The average molecular weight is 377 g/mol. The number of furan rings is 1. The maximum absolute atomic E-state index is 5.84. The predicted molar refractivity (Wildman–Crippen MR) is 109 cm³/mol. The fourth-order valence-corrected chi connectivity index (χ4v) is 3.65. The van der Waals surface area contributed by atoms with E-state index in [1.165, 1.54) is 18.4 Å². The van der Waals surface area contributed by atoms with Gasteiger partial charge in [0.05, 0.1) is 12.3 Å². The zero-order chi connectivity index (χ0) is 19.0. The van der Waals surface area contributed by atoms with Crippen molar-refractivity contribution in [3.05, 3.63) is 84.1 Å². The highest BCUT2D eigenvalue weighted by molar-refractivity contribution is 5.27. The predicted octanol–water partition coefficient (Wildman–Crippen LogP) is 4.18. The molecule has 146 valence electrons. The third-order valence-electron chi connectivity index (χ3n) is 5.20. The summed E-state index contributed by atoms with van der Waals surface area (Å²) in [7, 11) is 0. The molecule has 0 bridgehead atoms. The first-order chi connectivity index (χ1) is 13.9. The molecule has 0 aliphatic carbocycles. The van der Waals surface area contributed by atoms with E-state index in [1.807, 2.05) is 30.3 Å². The maximum atomic E-state index is 5.84. The Kier molecular flexibility index (Phi) is 6.37. The maximum Gasteiger partial charge on any atom is 0.122 e. The molecule has 1 fully saturated rings. The Morgan fingerprint density at radius 1 is 1.00 bits per heavy atom. The van der Waals surface area contributed by atoms with Gasteiger partial charge in [0.25, 0.3) is 0 Å². The number of nitrogens with one attached hydrogen (secondary N) is 1. The Morgan fingerprint density at radius 3 is 2.50 bits per heavy atom. The molecule has 5 heteroatoms. The fourth-order valence-electron chi connectivity index (χ4n) is 3.65. The van der Waals surface area contributed by atoms with E-state index in [1.54, 1.807) is 18.7 Å². The van der Waals surface area contributed by atoms with Gasteiger partial charge in [-0.1, -0.05) is 12.1 Å². The number of rotatable bonds is 9. The molecule has 0 radical (unpaired) electrons. The lowest BCUT2D eigenvalue weighted by molar-refractivity contribution is 0.209. The first kappa shape index (κ1) is 18.7. The van der Waals surface area contributed by atoms with Gasteiger partial charge in [0, 0.05) is 25.5 Å². The second-order valence-corrected chi connectivity index (χ2v) is 7.19. The van der Waals surface area contributed by atoms with Crippen molar-refractivity contribution < 1.29 is 9.15 Å². The summed E-state index contributed by atoms with van der Waals surface area (Å²) in [6.07, 6.45) is 7.89. The van der Waals surface area contributed by atoms with Crippen molar-refractivity contribution in [3.8, 4) is 5.75 Å². The van der Waals surface area contributed by atoms with E-state index in [0.29, 0.717) is 12.6 Å². The molecule has 1 atom stereocenters. The van der Waals surface area contributed by atoms with Gasteiger partial charge in [0.1, 0.15) is 18.1 Å². The van der Waals surface area contributed by atoms with Crippen LogP contribution in [0.4, 0.5) is 0 Å². The fraction of sp³-hybridized carbons (Fsp3) is 0.348. The molecule has 1 aliphatic rings. The molecule has 0 saturated carbocycles. The Labute approximate surface area is 166 Å². The van der Waals surface area contributed by atoms with E-state index >= 15 is 0 Å². The molecule has 3 heterocycles. The van der Waals surface area contributed by atoms with Gasteiger partial charge >= 0.3 is 0 Å². The lowest BCUT2D eigenvalue weighted by Gasteiger charge is -2.26. The zero-order valence-corrected chi connectivity index (χ0v) is 16.1. The van der Waals surface area contributed by atoms with E-state index in [0.717, 1.165) is 43.3 Å². The summed E-state index contributed by atoms with van der Waals surface area (Å²) < 4.78 is 11.5. The van der Waals surface area contributed by atoms with Crippen LogP contribution in [0.5, 0.6) is 5.75 Å². The van der Waals surface area contributed by atoms with E-state index < -0.39 is 0 Å². The van der Waals surface area contributed by atoms with Crippen LogP contribution in [-0.2, 0) is 13.2 Å². The Hall–Kier alpha value is -2.63. The quantitative estimate of drug-likeness (QED) is 0.606. The first-order valence-corrected chi connectivity index (χ1v) is 9.97. The van der Waals surface area contributed by atoms with Crippen molar-refractivity contribution >= 4 is 0 Å². The summed E-state index contributed by atoms with van der Waals surface area (Å²) in [6, 6.07) is 16.6. The van der Waals surface area contributed by atoms with Crippen molar-refractivity contribution in [1.82, 2.24) is 15.2 Å². The smallest absolute Gasteiger partial charge is 0.122 e. The normalized spacial score (nSPS) is 15.6. The van der Waals surface area contributed by atoms with E-state index in [2.05, 4.69) is 33.4 Å². The summed E-state index contributed by atoms with van der Waals surface area (Å²) in [5, 5.41) is 3.59. The molecule has 0 amide bonds. The van der Waals surface area contributed by atoms with Crippen LogP contribution in [0, 0.1) is 0 Å². The average Bonchev–Trinajstić information content (AvgIpc) is 3.46. The van der Waals surface area contributed by atoms with E-state index in [4.69, 9.17) is 9.15 Å². The number of ether oxygens (including phenoxy) is 1. The molecule has 1 saturated heterocycles. The van der Waals surface area contributed by atoms with E-state index in [9.17, 15) is 0 Å². The van der Waals surface area contributed by atoms with Gasteiger partial charge in [-0.05, 0) is 73.5 Å². The lowest BCUT2D eigenvalue weighted by Crippen LogP contribution is -2.33. The van der Waals surface area contributed by atoms with Crippen LogP contribution in [0.3, 0.4) is 0 Å². The number of benzene rings is 1. The van der Waals surface area contributed by atoms with Crippen LogP contribution < -0.4 is 10.1 Å². The van der Waals surface area contributed by atoms with Crippen LogP contribution in [0.25, 0.3) is 0 Å². The number of likely N-dealkylation sites (tertiary alicyclic amines) is 1. The molecule has 1 N–H and O–H groups in total. The van der Waals surface area contributed by atoms with Gasteiger partial charge in [-0.3, -0.25) is 9.88 Å². The molecule has 0 spiro atoms. The van der Waals surface area contributed by atoms with Gasteiger partial charge in [0.15, 0.2) is 0 Å². The van der Waals surface area contributed by atoms with Gasteiger partial charge in [-0.25, -0.2) is 0 Å². The minimum Gasteiger partial charge on any atom is -0.489 e. The minimum absolute atomic E-state index is 0.306. The number of hydrogen-bond donors (Lipinski definition) is 1. The molecule has 1 aliphatic heterocycles. The third kappa shape index (κ3) is 5.00. The Balaban J connectivity index is 1.27. The van der Waals surface area contributed by atoms with Crippen molar-refractivity contribution in [3.63, 3.8) is 0 Å². The molecule has 3 aromatic rings. The number of nitrogens with zero attached hydrogens (tertiary/aromatic N) is 2. The van der Waals surface area contributed by atoms with Gasteiger partial charge < -0.3 is 14.5 Å². The lowest BCUT2D eigenvalue weighted by atomic mass is 10.1. The summed E-state index contributed by atoms with van der Waals surface area (Å²) in [5.41, 5.74) is 2.36. The SMILES string of the molecule is c1coc(C(CNCc2ccc(OCc3ccncc3)cc2)N2CCCC2)c1. The van der Waals surface area contributed by atoms with Gasteiger partial charge in [0.2, 0.25) is 0 Å². The highest BCUT2D eigenvalue weighted by atomic mass is 16.5. The van der Waals surface area contributed by atoms with E-state index in [-0.39, 0.29) is 0 Å². The molecular weight excluding hydrogens is 350 g/mol. The van der Waals surface area contributed by atoms with Crippen LogP contribution in [0.1, 0.15) is 35.8 Å². The monoisotopic (exact) mass is 377 g/mol. The largest absolute Gasteiger partial charge is 0.489 e. The third-order valence-corrected chi connectivity index (χ3v) is 5.20. The van der Waals surface area contributed by atoms with Crippen LogP contribution in [-0.4, -0.2) is 29.5 Å². The van der Waals surface area contributed by atoms with Crippen molar-refractivity contribution in [2.24, 2.45) is 0 Å². The minimum atomic E-state index is 0.306. The Morgan fingerprint density at radius 2 is 1.79 bits per heavy atom. The highest BCUT2D eigenvalue weighted by Crippen LogP contribution is 2.25. The van der Waals surface area contributed by atoms with Gasteiger partial charge in [-0.15, -0.1) is 0 Å². The molecule has 1 unspecified atom stereocenters. The molecule has 4 rings (SSSR count). The van der Waals surface area contributed by atoms with Crippen molar-refractivity contribution in [1.29, 1.82) is 0 Å². The number of pyridine rings is 1. The van der Waals surface area contributed by atoms with Crippen LogP contribution in [0.15, 0.2) is 71.6 Å². The van der Waals surface area contributed by atoms with Gasteiger partial charge in [-0.2, -0.15) is 0 Å². The standard InChI is InChI=1S/C23H27N3O2/c1-2-14-26(13-1)22(23-4-3-15-27-23)17-25-16-19-5-7-21(8-6-19)28-18-20-9-11-24-12-10-20/h3-12,15,22,25H,1-2,13-14,16-18H2. The molecule has 2 aromatic heterocycles. The highest BCUT2D eigenvalue weighted by Gasteiger charge is 2.24. The number of aromatic nitrogens is 1. The van der Waals surface area contributed by atoms with Crippen molar-refractivity contribution in [2.75, 3.05) is 19.6 Å². The van der Waals surface area contributed by atoms with Crippen LogP contribution >= 0.6 is 0 Å². The Bertz CT molecular complexity index is 813. The van der Waals surface area contributed by atoms with Crippen LogP contribution in [0.2, 0.25) is 0 Å². The second-order valence-electron chi connectivity index (χ2n) is 7.19. The molecule has 28 heavy (non-hydrogen) atoms. The summed E-state index contributed by atoms with van der Waals surface area (Å²) >= 11 is 0.